The molecule has 1 saturated heterocycles. The zero-order valence-corrected chi connectivity index (χ0v) is 16.0. The number of hydrogen-bond acceptors (Lipinski definition) is 3. The molecule has 0 spiro atoms. The molecule has 0 aromatic heterocycles. The maximum atomic E-state index is 12.3. The van der Waals surface area contributed by atoms with Crippen LogP contribution in [0, 0.1) is 0 Å². The minimum absolute atomic E-state index is 0.0464. The van der Waals surface area contributed by atoms with Crippen LogP contribution in [0.5, 0.6) is 0 Å². The van der Waals surface area contributed by atoms with Crippen molar-refractivity contribution in [3.63, 3.8) is 0 Å². The van der Waals surface area contributed by atoms with Crippen LogP contribution in [0.25, 0.3) is 0 Å². The van der Waals surface area contributed by atoms with Gasteiger partial charge in [-0.3, -0.25) is 9.69 Å². The summed E-state index contributed by atoms with van der Waals surface area (Å²) >= 11 is 11.8. The molecule has 0 saturated carbocycles. The summed E-state index contributed by atoms with van der Waals surface area (Å²) in [6.45, 7) is 4.61. The monoisotopic (exact) mass is 392 g/mol. The zero-order chi connectivity index (χ0) is 18.4. The van der Waals surface area contributed by atoms with Crippen LogP contribution in [0.3, 0.4) is 0 Å². The molecule has 0 aliphatic carbocycles. The summed E-state index contributed by atoms with van der Waals surface area (Å²) in [5, 5.41) is 1.45. The fourth-order valence-corrected chi connectivity index (χ4v) is 3.18. The Balaban J connectivity index is 1.37. The standard InChI is InChI=1S/C20H22Cl2N2O2/c21-18-5-1-16(2-6-18)13-23-9-11-24(12-10-23)20(25)15-26-14-17-3-7-19(22)8-4-17/h1-8H,9-15H2. The lowest BCUT2D eigenvalue weighted by Gasteiger charge is -2.34. The Morgan fingerprint density at radius 2 is 1.38 bits per heavy atom. The van der Waals surface area contributed by atoms with E-state index in [1.165, 1.54) is 5.56 Å². The first-order valence-corrected chi connectivity index (χ1v) is 9.42. The topological polar surface area (TPSA) is 32.8 Å². The third-order valence-corrected chi connectivity index (χ3v) is 4.96. The molecule has 0 bridgehead atoms. The van der Waals surface area contributed by atoms with E-state index in [0.29, 0.717) is 11.6 Å². The largest absolute Gasteiger partial charge is 0.367 e. The predicted molar refractivity (Wildman–Crippen MR) is 104 cm³/mol. The number of rotatable bonds is 6. The maximum Gasteiger partial charge on any atom is 0.248 e. The molecule has 2 aromatic carbocycles. The van der Waals surface area contributed by atoms with Crippen molar-refractivity contribution < 1.29 is 9.53 Å². The lowest BCUT2D eigenvalue weighted by molar-refractivity contribution is -0.138. The molecule has 1 aliphatic rings. The minimum Gasteiger partial charge on any atom is -0.367 e. The van der Waals surface area contributed by atoms with Crippen LogP contribution in [-0.2, 0) is 22.7 Å². The van der Waals surface area contributed by atoms with E-state index in [1.54, 1.807) is 0 Å². The Morgan fingerprint density at radius 1 is 0.846 bits per heavy atom. The Bertz CT molecular complexity index is 712. The summed E-state index contributed by atoms with van der Waals surface area (Å²) in [6.07, 6.45) is 0. The molecular weight excluding hydrogens is 371 g/mol. The summed E-state index contributed by atoms with van der Waals surface area (Å²) in [6, 6.07) is 15.4. The summed E-state index contributed by atoms with van der Waals surface area (Å²) in [7, 11) is 0. The molecule has 1 aliphatic heterocycles. The van der Waals surface area contributed by atoms with Crippen molar-refractivity contribution in [2.45, 2.75) is 13.2 Å². The molecule has 1 fully saturated rings. The minimum atomic E-state index is 0.0464. The number of halogens is 2. The molecule has 2 aromatic rings. The maximum absolute atomic E-state index is 12.3. The first-order valence-electron chi connectivity index (χ1n) is 8.67. The lowest BCUT2D eigenvalue weighted by atomic mass is 10.2. The molecule has 138 valence electrons. The van der Waals surface area contributed by atoms with Gasteiger partial charge in [0.15, 0.2) is 0 Å². The van der Waals surface area contributed by atoms with Gasteiger partial charge in [-0.1, -0.05) is 47.5 Å². The number of benzene rings is 2. The predicted octanol–water partition coefficient (Wildman–Crippen LogP) is 3.85. The highest BCUT2D eigenvalue weighted by Crippen LogP contribution is 2.13. The fourth-order valence-electron chi connectivity index (χ4n) is 2.93. The Hall–Kier alpha value is -1.59. The summed E-state index contributed by atoms with van der Waals surface area (Å²) in [4.78, 5) is 16.5. The van der Waals surface area contributed by atoms with E-state index >= 15 is 0 Å². The van der Waals surface area contributed by atoms with Gasteiger partial charge in [0.2, 0.25) is 5.91 Å². The number of carbonyl (C=O) groups is 1. The van der Waals surface area contributed by atoms with E-state index in [2.05, 4.69) is 4.90 Å². The van der Waals surface area contributed by atoms with Crippen molar-refractivity contribution in [1.82, 2.24) is 9.80 Å². The van der Waals surface area contributed by atoms with Gasteiger partial charge in [0.05, 0.1) is 6.61 Å². The molecule has 0 N–H and O–H groups in total. The van der Waals surface area contributed by atoms with Gasteiger partial charge in [0.1, 0.15) is 6.61 Å². The molecule has 6 heteroatoms. The number of ether oxygens (including phenoxy) is 1. The van der Waals surface area contributed by atoms with E-state index in [-0.39, 0.29) is 12.5 Å². The van der Waals surface area contributed by atoms with Crippen LogP contribution < -0.4 is 0 Å². The second-order valence-corrected chi connectivity index (χ2v) is 7.28. The SMILES string of the molecule is O=C(COCc1ccc(Cl)cc1)N1CCN(Cc2ccc(Cl)cc2)CC1. The van der Waals surface area contributed by atoms with Crippen LogP contribution in [0.15, 0.2) is 48.5 Å². The summed E-state index contributed by atoms with van der Waals surface area (Å²) in [5.41, 5.74) is 2.25. The van der Waals surface area contributed by atoms with E-state index in [0.717, 1.165) is 43.3 Å². The van der Waals surface area contributed by atoms with Gasteiger partial charge in [0, 0.05) is 42.8 Å². The summed E-state index contributed by atoms with van der Waals surface area (Å²) in [5.74, 6) is 0.0464. The van der Waals surface area contributed by atoms with Crippen molar-refractivity contribution >= 4 is 29.1 Å². The zero-order valence-electron chi connectivity index (χ0n) is 14.5. The highest BCUT2D eigenvalue weighted by molar-refractivity contribution is 6.30. The van der Waals surface area contributed by atoms with Gasteiger partial charge in [-0.2, -0.15) is 0 Å². The quantitative estimate of drug-likeness (QED) is 0.748. The van der Waals surface area contributed by atoms with Crippen molar-refractivity contribution in [3.8, 4) is 0 Å². The van der Waals surface area contributed by atoms with E-state index < -0.39 is 0 Å². The number of carbonyl (C=O) groups excluding carboxylic acids is 1. The smallest absolute Gasteiger partial charge is 0.248 e. The highest BCUT2D eigenvalue weighted by atomic mass is 35.5. The third kappa shape index (κ3) is 5.71. The molecule has 4 nitrogen and oxygen atoms in total. The van der Waals surface area contributed by atoms with Crippen LogP contribution in [0.4, 0.5) is 0 Å². The molecular formula is C20H22Cl2N2O2. The number of hydrogen-bond donors (Lipinski definition) is 0. The van der Waals surface area contributed by atoms with Gasteiger partial charge >= 0.3 is 0 Å². The molecule has 0 radical (unpaired) electrons. The highest BCUT2D eigenvalue weighted by Gasteiger charge is 2.21. The van der Waals surface area contributed by atoms with Gasteiger partial charge < -0.3 is 9.64 Å². The van der Waals surface area contributed by atoms with E-state index in [1.807, 2.05) is 53.4 Å². The van der Waals surface area contributed by atoms with E-state index in [9.17, 15) is 4.79 Å². The summed E-state index contributed by atoms with van der Waals surface area (Å²) < 4.78 is 5.55. The average molecular weight is 393 g/mol. The van der Waals surface area contributed by atoms with Crippen molar-refractivity contribution in [1.29, 1.82) is 0 Å². The Morgan fingerprint density at radius 3 is 1.96 bits per heavy atom. The van der Waals surface area contributed by atoms with Crippen molar-refractivity contribution in [3.05, 3.63) is 69.7 Å². The van der Waals surface area contributed by atoms with Crippen molar-refractivity contribution in [2.75, 3.05) is 32.8 Å². The molecule has 26 heavy (non-hydrogen) atoms. The average Bonchev–Trinajstić information content (AvgIpc) is 2.66. The Labute approximate surface area is 164 Å². The van der Waals surface area contributed by atoms with Crippen molar-refractivity contribution in [2.24, 2.45) is 0 Å². The lowest BCUT2D eigenvalue weighted by Crippen LogP contribution is -2.49. The third-order valence-electron chi connectivity index (χ3n) is 4.45. The second-order valence-electron chi connectivity index (χ2n) is 6.40. The number of amides is 1. The molecule has 1 heterocycles. The van der Waals surface area contributed by atoms with Crippen LogP contribution in [0.1, 0.15) is 11.1 Å². The first kappa shape index (κ1) is 19.2. The van der Waals surface area contributed by atoms with Crippen LogP contribution >= 0.6 is 23.2 Å². The normalized spacial score (nSPS) is 15.2. The number of piperazine rings is 1. The molecule has 0 atom stereocenters. The fraction of sp³-hybridized carbons (Fsp3) is 0.350. The molecule has 1 amide bonds. The van der Waals surface area contributed by atoms with Gasteiger partial charge in [-0.05, 0) is 35.4 Å². The van der Waals surface area contributed by atoms with Gasteiger partial charge in [-0.15, -0.1) is 0 Å². The van der Waals surface area contributed by atoms with E-state index in [4.69, 9.17) is 27.9 Å². The molecule has 0 unspecified atom stereocenters. The Kier molecular flexibility index (Phi) is 6.92. The number of nitrogens with zero attached hydrogens (tertiary/aromatic N) is 2. The molecule has 3 rings (SSSR count). The van der Waals surface area contributed by atoms with Gasteiger partial charge in [0.25, 0.3) is 0 Å². The van der Waals surface area contributed by atoms with Crippen LogP contribution in [0.2, 0.25) is 10.0 Å². The van der Waals surface area contributed by atoms with Crippen LogP contribution in [-0.4, -0.2) is 48.5 Å². The first-order chi connectivity index (χ1) is 12.6. The van der Waals surface area contributed by atoms with Gasteiger partial charge in [-0.25, -0.2) is 0 Å². The second kappa shape index (κ2) is 9.38.